The van der Waals surface area contributed by atoms with Gasteiger partial charge in [0.05, 0.1) is 4.75 Å². The third-order valence-corrected chi connectivity index (χ3v) is 4.12. The van der Waals surface area contributed by atoms with Crippen molar-refractivity contribution in [1.82, 2.24) is 4.72 Å². The van der Waals surface area contributed by atoms with Gasteiger partial charge in [0.2, 0.25) is 10.0 Å². The number of carboxylic acid groups (broad SMARTS) is 1. The molecule has 0 radical (unpaired) electrons. The van der Waals surface area contributed by atoms with Crippen LogP contribution in [-0.4, -0.2) is 29.8 Å². The van der Waals surface area contributed by atoms with Gasteiger partial charge in [0.25, 0.3) is 0 Å². The third-order valence-electron chi connectivity index (χ3n) is 1.73. The minimum absolute atomic E-state index is 1.01. The van der Waals surface area contributed by atoms with Crippen LogP contribution in [0.4, 0.5) is 0 Å². The van der Waals surface area contributed by atoms with Crippen LogP contribution in [0.15, 0.2) is 0 Å². The lowest BCUT2D eigenvalue weighted by atomic mass is 10.1. The van der Waals surface area contributed by atoms with Crippen LogP contribution >= 0.6 is 0 Å². The highest BCUT2D eigenvalue weighted by molar-refractivity contribution is 7.90. The summed E-state index contributed by atoms with van der Waals surface area (Å²) in [4.78, 5) is 10.7. The van der Waals surface area contributed by atoms with Gasteiger partial charge in [-0.05, 0) is 34.6 Å². The summed E-state index contributed by atoms with van der Waals surface area (Å²) >= 11 is 0. The number of sulfonamides is 1. The van der Waals surface area contributed by atoms with Gasteiger partial charge in [0.1, 0.15) is 5.54 Å². The normalized spacial score (nSPS) is 14.1. The number of carbonyl (C=O) groups is 1. The number of nitrogens with one attached hydrogen (secondary N) is 1. The summed E-state index contributed by atoms with van der Waals surface area (Å²) in [5.74, 6) is -1.20. The first-order valence-corrected chi connectivity index (χ1v) is 5.65. The molecule has 5 nitrogen and oxygen atoms in total. The van der Waals surface area contributed by atoms with E-state index < -0.39 is 26.3 Å². The summed E-state index contributed by atoms with van der Waals surface area (Å²) in [6.07, 6.45) is 0. The Hall–Kier alpha value is -0.620. The Kier molecular flexibility index (Phi) is 3.35. The minimum atomic E-state index is -3.63. The predicted octanol–water partition coefficient (Wildman–Crippen LogP) is 0.567. The van der Waals surface area contributed by atoms with Crippen LogP contribution in [0, 0.1) is 0 Å². The van der Waals surface area contributed by atoms with Crippen LogP contribution in [0.25, 0.3) is 0 Å². The quantitative estimate of drug-likeness (QED) is 0.732. The molecule has 0 aliphatic rings. The van der Waals surface area contributed by atoms with Crippen LogP contribution in [0.1, 0.15) is 34.6 Å². The molecule has 0 heterocycles. The molecule has 0 aromatic heterocycles. The van der Waals surface area contributed by atoms with E-state index in [2.05, 4.69) is 4.72 Å². The second kappa shape index (κ2) is 3.51. The van der Waals surface area contributed by atoms with E-state index in [9.17, 15) is 13.2 Å². The van der Waals surface area contributed by atoms with Crippen LogP contribution in [-0.2, 0) is 14.8 Å². The molecule has 0 saturated heterocycles. The fourth-order valence-electron chi connectivity index (χ4n) is 0.533. The van der Waals surface area contributed by atoms with Crippen LogP contribution in [0.5, 0.6) is 0 Å². The van der Waals surface area contributed by atoms with Gasteiger partial charge in [0, 0.05) is 0 Å². The van der Waals surface area contributed by atoms with Gasteiger partial charge in [-0.1, -0.05) is 0 Å². The largest absolute Gasteiger partial charge is 0.480 e. The summed E-state index contributed by atoms with van der Waals surface area (Å²) in [5.41, 5.74) is -1.48. The maximum Gasteiger partial charge on any atom is 0.324 e. The Balaban J connectivity index is 4.97. The van der Waals surface area contributed by atoms with Gasteiger partial charge in [0.15, 0.2) is 0 Å². The average molecular weight is 223 g/mol. The smallest absolute Gasteiger partial charge is 0.324 e. The van der Waals surface area contributed by atoms with Gasteiger partial charge >= 0.3 is 5.97 Å². The first kappa shape index (κ1) is 13.4. The second-order valence-electron chi connectivity index (χ2n) is 4.65. The van der Waals surface area contributed by atoms with Gasteiger partial charge in [-0.25, -0.2) is 8.42 Å². The molecule has 0 spiro atoms. The molecule has 0 aliphatic heterocycles. The molecule has 0 aromatic rings. The Morgan fingerprint density at radius 2 is 1.50 bits per heavy atom. The Morgan fingerprint density at radius 3 is 1.71 bits per heavy atom. The zero-order chi connectivity index (χ0) is 11.8. The highest BCUT2D eigenvalue weighted by Gasteiger charge is 2.38. The number of rotatable bonds is 3. The van der Waals surface area contributed by atoms with Crippen molar-refractivity contribution in [1.29, 1.82) is 0 Å². The number of carboxylic acids is 1. The van der Waals surface area contributed by atoms with Gasteiger partial charge in [-0.3, -0.25) is 4.79 Å². The molecule has 84 valence electrons. The van der Waals surface area contributed by atoms with Crippen LogP contribution in [0.3, 0.4) is 0 Å². The minimum Gasteiger partial charge on any atom is -0.480 e. The van der Waals surface area contributed by atoms with E-state index in [-0.39, 0.29) is 0 Å². The molecule has 6 heteroatoms. The lowest BCUT2D eigenvalue weighted by Gasteiger charge is -2.27. The van der Waals surface area contributed by atoms with E-state index >= 15 is 0 Å². The van der Waals surface area contributed by atoms with Crippen molar-refractivity contribution in [2.24, 2.45) is 0 Å². The van der Waals surface area contributed by atoms with Crippen molar-refractivity contribution in [3.05, 3.63) is 0 Å². The highest BCUT2D eigenvalue weighted by atomic mass is 32.2. The standard InChI is InChI=1S/C8H17NO4S/c1-7(2,3)14(12,13)9-8(4,5)6(10)11/h9H,1-5H3,(H,10,11). The third kappa shape index (κ3) is 2.95. The molecule has 0 fully saturated rings. The molecular formula is C8H17NO4S. The van der Waals surface area contributed by atoms with Crippen molar-refractivity contribution in [3.63, 3.8) is 0 Å². The van der Waals surface area contributed by atoms with Gasteiger partial charge < -0.3 is 5.11 Å². The summed E-state index contributed by atoms with van der Waals surface area (Å²) in [7, 11) is -3.63. The van der Waals surface area contributed by atoms with Gasteiger partial charge in [-0.15, -0.1) is 0 Å². The fourth-order valence-corrected chi connectivity index (χ4v) is 1.60. The molecule has 14 heavy (non-hydrogen) atoms. The van der Waals surface area contributed by atoms with Crippen molar-refractivity contribution in [2.75, 3.05) is 0 Å². The number of aliphatic carboxylic acids is 1. The first-order chi connectivity index (χ1) is 5.90. The van der Waals surface area contributed by atoms with Crippen molar-refractivity contribution >= 4 is 16.0 Å². The Labute approximate surface area is 84.6 Å². The van der Waals surface area contributed by atoms with Gasteiger partial charge in [-0.2, -0.15) is 4.72 Å². The Morgan fingerprint density at radius 1 is 1.14 bits per heavy atom. The molecule has 0 amide bonds. The molecule has 0 aromatic carbocycles. The number of hydrogen-bond acceptors (Lipinski definition) is 3. The Bertz CT molecular complexity index is 324. The first-order valence-electron chi connectivity index (χ1n) is 4.17. The highest BCUT2D eigenvalue weighted by Crippen LogP contribution is 2.16. The maximum atomic E-state index is 11.6. The zero-order valence-corrected chi connectivity index (χ0v) is 9.90. The summed E-state index contributed by atoms with van der Waals surface area (Å²) in [6, 6.07) is 0. The summed E-state index contributed by atoms with van der Waals surface area (Å²) < 4.78 is 24.3. The molecule has 0 unspecified atom stereocenters. The molecular weight excluding hydrogens is 206 g/mol. The van der Waals surface area contributed by atoms with Crippen molar-refractivity contribution < 1.29 is 18.3 Å². The molecule has 0 atom stereocenters. The molecule has 0 saturated carbocycles. The maximum absolute atomic E-state index is 11.6. The van der Waals surface area contributed by atoms with E-state index in [1.165, 1.54) is 34.6 Å². The fraction of sp³-hybridized carbons (Fsp3) is 0.875. The van der Waals surface area contributed by atoms with Crippen molar-refractivity contribution in [3.8, 4) is 0 Å². The van der Waals surface area contributed by atoms with E-state index in [1.54, 1.807) is 0 Å². The van der Waals surface area contributed by atoms with Crippen LogP contribution in [0.2, 0.25) is 0 Å². The SMILES string of the molecule is CC(C)(NS(=O)(=O)C(C)(C)C)C(=O)O. The van der Waals surface area contributed by atoms with E-state index in [0.29, 0.717) is 0 Å². The van der Waals surface area contributed by atoms with Crippen molar-refractivity contribution in [2.45, 2.75) is 44.9 Å². The molecule has 0 rings (SSSR count). The van der Waals surface area contributed by atoms with Crippen LogP contribution < -0.4 is 4.72 Å². The van der Waals surface area contributed by atoms with E-state index in [1.807, 2.05) is 0 Å². The summed E-state index contributed by atoms with van der Waals surface area (Å²) in [6.45, 7) is 7.13. The molecule has 0 bridgehead atoms. The lowest BCUT2D eigenvalue weighted by molar-refractivity contribution is -0.142. The molecule has 2 N–H and O–H groups in total. The molecule has 0 aliphatic carbocycles. The zero-order valence-electron chi connectivity index (χ0n) is 9.08. The van der Waals surface area contributed by atoms with E-state index in [0.717, 1.165) is 0 Å². The number of hydrogen-bond donors (Lipinski definition) is 2. The summed E-state index contributed by atoms with van der Waals surface area (Å²) in [5, 5.41) is 8.74. The topological polar surface area (TPSA) is 83.5 Å². The second-order valence-corrected chi connectivity index (χ2v) is 7.08. The average Bonchev–Trinajstić information content (AvgIpc) is 1.80. The monoisotopic (exact) mass is 223 g/mol. The van der Waals surface area contributed by atoms with E-state index in [4.69, 9.17) is 5.11 Å². The lowest BCUT2D eigenvalue weighted by Crippen LogP contribution is -2.54. The predicted molar refractivity (Wildman–Crippen MR) is 53.5 cm³/mol.